The second-order valence-corrected chi connectivity index (χ2v) is 10.7. The molecular formula is C31H25FN4O4S. The SMILES string of the molecule is COC(=O)c1cc2c(nc(Cc3ccc(-c4cccc(OCc5ccc(C#N)cc5)n4)cc3F)n2CC2CCO2)s1. The van der Waals surface area contributed by atoms with Crippen LogP contribution in [0.2, 0.25) is 0 Å². The first-order valence-corrected chi connectivity index (χ1v) is 13.9. The zero-order valence-electron chi connectivity index (χ0n) is 22.2. The Hall–Kier alpha value is -4.59. The van der Waals surface area contributed by atoms with Gasteiger partial charge in [0.05, 0.1) is 42.6 Å². The summed E-state index contributed by atoms with van der Waals surface area (Å²) in [7, 11) is 1.35. The number of carbonyl (C=O) groups excluding carboxylic acids is 1. The van der Waals surface area contributed by atoms with Crippen molar-refractivity contribution in [2.75, 3.05) is 13.7 Å². The van der Waals surface area contributed by atoms with Crippen molar-refractivity contribution in [2.45, 2.75) is 32.1 Å². The van der Waals surface area contributed by atoms with Crippen molar-refractivity contribution < 1.29 is 23.4 Å². The standard InChI is InChI=1S/C31H25FN4O4S/c1-38-31(37)27-15-26-30(41-27)35-28(36(26)17-23-11-12-39-23)14-21-9-10-22(13-24(21)32)25-3-2-4-29(34-25)40-18-20-7-5-19(16-33)6-8-20/h2-10,13,15,23H,11-12,14,17-18H2,1H3. The normalized spacial score (nSPS) is 14.4. The number of pyridine rings is 1. The van der Waals surface area contributed by atoms with Gasteiger partial charge in [-0.2, -0.15) is 5.26 Å². The average Bonchev–Trinajstić information content (AvgIpc) is 3.53. The van der Waals surface area contributed by atoms with Gasteiger partial charge in [-0.3, -0.25) is 0 Å². The number of carbonyl (C=O) groups is 1. The highest BCUT2D eigenvalue weighted by Crippen LogP contribution is 2.30. The summed E-state index contributed by atoms with van der Waals surface area (Å²) in [5, 5.41) is 8.95. The van der Waals surface area contributed by atoms with E-state index in [0.717, 1.165) is 24.1 Å². The number of imidazole rings is 1. The first-order valence-electron chi connectivity index (χ1n) is 13.1. The van der Waals surface area contributed by atoms with Gasteiger partial charge in [-0.15, -0.1) is 11.3 Å². The minimum absolute atomic E-state index is 0.0670. The Morgan fingerprint density at radius 1 is 1.17 bits per heavy atom. The summed E-state index contributed by atoms with van der Waals surface area (Å²) >= 11 is 1.26. The Morgan fingerprint density at radius 2 is 2.00 bits per heavy atom. The zero-order chi connectivity index (χ0) is 28.3. The molecule has 0 aliphatic carbocycles. The molecule has 5 aromatic rings. The molecule has 0 radical (unpaired) electrons. The molecule has 1 aliphatic heterocycles. The van der Waals surface area contributed by atoms with Crippen LogP contribution in [0.15, 0.2) is 66.7 Å². The molecule has 8 nitrogen and oxygen atoms in total. The van der Waals surface area contributed by atoms with Crippen LogP contribution in [0, 0.1) is 17.1 Å². The van der Waals surface area contributed by atoms with E-state index in [-0.39, 0.29) is 18.3 Å². The minimum Gasteiger partial charge on any atom is -0.473 e. The van der Waals surface area contributed by atoms with Gasteiger partial charge in [-0.05, 0) is 47.9 Å². The Balaban J connectivity index is 1.21. The van der Waals surface area contributed by atoms with Gasteiger partial charge in [0.1, 0.15) is 28.0 Å². The van der Waals surface area contributed by atoms with Gasteiger partial charge in [0.15, 0.2) is 0 Å². The summed E-state index contributed by atoms with van der Waals surface area (Å²) in [6.45, 7) is 1.61. The van der Waals surface area contributed by atoms with E-state index >= 15 is 4.39 Å². The van der Waals surface area contributed by atoms with Crippen LogP contribution < -0.4 is 4.74 Å². The summed E-state index contributed by atoms with van der Waals surface area (Å²) in [5.41, 5.74) is 4.04. The molecule has 2 aromatic carbocycles. The smallest absolute Gasteiger partial charge is 0.348 e. The second-order valence-electron chi connectivity index (χ2n) is 9.65. The molecule has 0 N–H and O–H groups in total. The quantitative estimate of drug-likeness (QED) is 0.204. The van der Waals surface area contributed by atoms with Crippen molar-refractivity contribution in [1.29, 1.82) is 5.26 Å². The van der Waals surface area contributed by atoms with E-state index in [1.54, 1.807) is 36.4 Å². The number of esters is 1. The summed E-state index contributed by atoms with van der Waals surface area (Å²) in [4.78, 5) is 22.5. The third-order valence-corrected chi connectivity index (χ3v) is 7.98. The van der Waals surface area contributed by atoms with Crippen LogP contribution in [0.3, 0.4) is 0 Å². The number of hydrogen-bond acceptors (Lipinski definition) is 8. The molecule has 1 unspecified atom stereocenters. The maximum atomic E-state index is 15.4. The van der Waals surface area contributed by atoms with Crippen LogP contribution in [0.25, 0.3) is 21.6 Å². The molecule has 10 heteroatoms. The number of benzene rings is 2. The van der Waals surface area contributed by atoms with Gasteiger partial charge in [0, 0.05) is 24.7 Å². The van der Waals surface area contributed by atoms with Crippen LogP contribution in [0.5, 0.6) is 5.88 Å². The van der Waals surface area contributed by atoms with Gasteiger partial charge in [-0.25, -0.2) is 19.2 Å². The van der Waals surface area contributed by atoms with Crippen molar-refractivity contribution in [1.82, 2.24) is 14.5 Å². The molecule has 206 valence electrons. The van der Waals surface area contributed by atoms with Crippen LogP contribution >= 0.6 is 11.3 Å². The largest absolute Gasteiger partial charge is 0.473 e. The number of thiophene rings is 1. The molecule has 3 aromatic heterocycles. The van der Waals surface area contributed by atoms with E-state index < -0.39 is 5.97 Å². The van der Waals surface area contributed by atoms with Crippen molar-refractivity contribution in [3.63, 3.8) is 0 Å². The van der Waals surface area contributed by atoms with Crippen LogP contribution in [-0.2, 0) is 29.0 Å². The Kier molecular flexibility index (Phi) is 7.46. The highest BCUT2D eigenvalue weighted by atomic mass is 32.1. The lowest BCUT2D eigenvalue weighted by molar-refractivity contribution is -0.0589. The van der Waals surface area contributed by atoms with Crippen molar-refractivity contribution in [3.05, 3.63) is 99.9 Å². The molecule has 1 fully saturated rings. The Bertz CT molecular complexity index is 1770. The first-order chi connectivity index (χ1) is 20.0. The molecule has 41 heavy (non-hydrogen) atoms. The number of methoxy groups -OCH3 is 1. The molecule has 1 saturated heterocycles. The highest BCUT2D eigenvalue weighted by Gasteiger charge is 2.24. The predicted octanol–water partition coefficient (Wildman–Crippen LogP) is 5.92. The van der Waals surface area contributed by atoms with E-state index in [9.17, 15) is 4.79 Å². The summed E-state index contributed by atoms with van der Waals surface area (Å²) < 4.78 is 33.8. The summed E-state index contributed by atoms with van der Waals surface area (Å²) in [6, 6.07) is 21.5. The van der Waals surface area contributed by atoms with Gasteiger partial charge in [0.25, 0.3) is 0 Å². The van der Waals surface area contributed by atoms with E-state index in [1.165, 1.54) is 24.5 Å². The highest BCUT2D eigenvalue weighted by molar-refractivity contribution is 7.20. The number of rotatable bonds is 9. The molecule has 0 amide bonds. The number of ether oxygens (including phenoxy) is 3. The molecule has 0 saturated carbocycles. The molecule has 0 bridgehead atoms. The van der Waals surface area contributed by atoms with Gasteiger partial charge < -0.3 is 18.8 Å². The third kappa shape index (κ3) is 5.68. The maximum Gasteiger partial charge on any atom is 0.348 e. The number of nitriles is 1. The van der Waals surface area contributed by atoms with E-state index in [1.807, 2.05) is 28.8 Å². The van der Waals surface area contributed by atoms with Crippen molar-refractivity contribution >= 4 is 27.7 Å². The fourth-order valence-corrected chi connectivity index (χ4v) is 5.61. The lowest BCUT2D eigenvalue weighted by Gasteiger charge is -2.27. The lowest BCUT2D eigenvalue weighted by atomic mass is 10.1. The Morgan fingerprint density at radius 3 is 2.71 bits per heavy atom. The van der Waals surface area contributed by atoms with Crippen LogP contribution in [0.4, 0.5) is 4.39 Å². The monoisotopic (exact) mass is 568 g/mol. The van der Waals surface area contributed by atoms with E-state index in [0.29, 0.717) is 56.9 Å². The number of hydrogen-bond donors (Lipinski definition) is 0. The number of fused-ring (bicyclic) bond motifs is 1. The molecule has 0 spiro atoms. The fraction of sp³-hybridized carbons (Fsp3) is 0.226. The molecule has 6 rings (SSSR count). The Labute approximate surface area is 239 Å². The predicted molar refractivity (Wildman–Crippen MR) is 151 cm³/mol. The van der Waals surface area contributed by atoms with Gasteiger partial charge >= 0.3 is 5.97 Å². The fourth-order valence-electron chi connectivity index (χ4n) is 4.64. The molecule has 4 heterocycles. The number of halogens is 1. The zero-order valence-corrected chi connectivity index (χ0v) is 23.0. The topological polar surface area (TPSA) is 99.3 Å². The lowest BCUT2D eigenvalue weighted by Crippen LogP contribution is -2.31. The summed E-state index contributed by atoms with van der Waals surface area (Å²) in [5.74, 6) is 0.366. The van der Waals surface area contributed by atoms with Crippen molar-refractivity contribution in [2.24, 2.45) is 0 Å². The molecular weight excluding hydrogens is 543 g/mol. The third-order valence-electron chi connectivity index (χ3n) is 6.98. The number of aromatic nitrogens is 3. The van der Waals surface area contributed by atoms with Crippen LogP contribution in [-0.4, -0.2) is 40.3 Å². The molecule has 1 aliphatic rings. The van der Waals surface area contributed by atoms with E-state index in [2.05, 4.69) is 11.1 Å². The van der Waals surface area contributed by atoms with Gasteiger partial charge in [-0.1, -0.05) is 30.3 Å². The average molecular weight is 569 g/mol. The second kappa shape index (κ2) is 11.5. The molecule has 1 atom stereocenters. The van der Waals surface area contributed by atoms with Crippen LogP contribution in [0.1, 0.15) is 38.6 Å². The van der Waals surface area contributed by atoms with Crippen molar-refractivity contribution in [3.8, 4) is 23.2 Å². The first kappa shape index (κ1) is 26.6. The summed E-state index contributed by atoms with van der Waals surface area (Å²) in [6.07, 6.45) is 1.30. The maximum absolute atomic E-state index is 15.4. The minimum atomic E-state index is -0.403. The van der Waals surface area contributed by atoms with Gasteiger partial charge in [0.2, 0.25) is 5.88 Å². The number of nitrogens with zero attached hydrogens (tertiary/aromatic N) is 4. The van der Waals surface area contributed by atoms with E-state index in [4.69, 9.17) is 24.5 Å².